The van der Waals surface area contributed by atoms with Crippen molar-refractivity contribution in [1.29, 1.82) is 0 Å². The van der Waals surface area contributed by atoms with Crippen LogP contribution < -0.4 is 0 Å². The molecule has 0 bridgehead atoms. The van der Waals surface area contributed by atoms with Gasteiger partial charge in [0.15, 0.2) is 0 Å². The Bertz CT molecular complexity index is 395. The molecule has 0 spiro atoms. The number of aliphatic carboxylic acids is 1. The van der Waals surface area contributed by atoms with Gasteiger partial charge in [0.05, 0.1) is 6.42 Å². The fraction of sp³-hybridized carbons (Fsp3) is 0.462. The molecular weight excluding hydrogens is 207 g/mol. The molecule has 16 heavy (non-hydrogen) atoms. The van der Waals surface area contributed by atoms with Gasteiger partial charge in [0.1, 0.15) is 5.67 Å². The SMILES string of the molecule is O=C(O)Cc1cccc(C2(F)CCCC2)c1. The van der Waals surface area contributed by atoms with Crippen molar-refractivity contribution in [3.8, 4) is 0 Å². The first-order chi connectivity index (χ1) is 7.60. The summed E-state index contributed by atoms with van der Waals surface area (Å²) in [6, 6.07) is 6.93. The number of hydrogen-bond donors (Lipinski definition) is 1. The fourth-order valence-corrected chi connectivity index (χ4v) is 2.36. The van der Waals surface area contributed by atoms with Crippen molar-refractivity contribution in [1.82, 2.24) is 0 Å². The van der Waals surface area contributed by atoms with Gasteiger partial charge in [-0.2, -0.15) is 0 Å². The highest BCUT2D eigenvalue weighted by Gasteiger charge is 2.35. The summed E-state index contributed by atoms with van der Waals surface area (Å²) in [5, 5.41) is 8.69. The van der Waals surface area contributed by atoms with Crippen LogP contribution in [0.25, 0.3) is 0 Å². The molecule has 0 aliphatic heterocycles. The van der Waals surface area contributed by atoms with E-state index >= 15 is 0 Å². The lowest BCUT2D eigenvalue weighted by molar-refractivity contribution is -0.136. The molecule has 2 rings (SSSR count). The zero-order chi connectivity index (χ0) is 11.6. The molecule has 1 aromatic rings. The fourth-order valence-electron chi connectivity index (χ4n) is 2.36. The van der Waals surface area contributed by atoms with E-state index < -0.39 is 11.6 Å². The maximum atomic E-state index is 14.4. The van der Waals surface area contributed by atoms with Crippen LogP contribution in [0, 0.1) is 0 Å². The summed E-state index contributed by atoms with van der Waals surface area (Å²) < 4.78 is 14.4. The summed E-state index contributed by atoms with van der Waals surface area (Å²) in [7, 11) is 0. The van der Waals surface area contributed by atoms with Crippen molar-refractivity contribution in [2.45, 2.75) is 37.8 Å². The van der Waals surface area contributed by atoms with Gasteiger partial charge in [-0.3, -0.25) is 4.79 Å². The molecule has 0 radical (unpaired) electrons. The monoisotopic (exact) mass is 222 g/mol. The lowest BCUT2D eigenvalue weighted by Crippen LogP contribution is -2.15. The summed E-state index contributed by atoms with van der Waals surface area (Å²) in [4.78, 5) is 10.6. The summed E-state index contributed by atoms with van der Waals surface area (Å²) in [6.45, 7) is 0. The van der Waals surface area contributed by atoms with E-state index in [9.17, 15) is 9.18 Å². The minimum atomic E-state index is -1.23. The first kappa shape index (κ1) is 11.1. The molecule has 1 saturated carbocycles. The number of rotatable bonds is 3. The summed E-state index contributed by atoms with van der Waals surface area (Å²) in [5.41, 5.74) is 0.0896. The van der Waals surface area contributed by atoms with E-state index in [0.717, 1.165) is 12.8 Å². The van der Waals surface area contributed by atoms with Gasteiger partial charge >= 0.3 is 5.97 Å². The van der Waals surface area contributed by atoms with Gasteiger partial charge in [-0.15, -0.1) is 0 Å². The zero-order valence-corrected chi connectivity index (χ0v) is 9.08. The standard InChI is InChI=1S/C13H15FO2/c14-13(6-1-2-7-13)11-5-3-4-10(8-11)9-12(15)16/h3-5,8H,1-2,6-7,9H2,(H,15,16). The molecule has 3 heteroatoms. The smallest absolute Gasteiger partial charge is 0.307 e. The van der Waals surface area contributed by atoms with Crippen LogP contribution in [0.15, 0.2) is 24.3 Å². The van der Waals surface area contributed by atoms with Crippen LogP contribution in [0.2, 0.25) is 0 Å². The number of carboxylic acids is 1. The van der Waals surface area contributed by atoms with Crippen LogP contribution in [0.1, 0.15) is 36.8 Å². The number of benzene rings is 1. The highest BCUT2D eigenvalue weighted by Crippen LogP contribution is 2.42. The molecule has 0 aromatic heterocycles. The molecule has 2 nitrogen and oxygen atoms in total. The number of carbonyl (C=O) groups is 1. The lowest BCUT2D eigenvalue weighted by atomic mass is 9.92. The van der Waals surface area contributed by atoms with E-state index in [-0.39, 0.29) is 6.42 Å². The summed E-state index contributed by atoms with van der Waals surface area (Å²) >= 11 is 0. The second-order valence-electron chi connectivity index (χ2n) is 4.44. The second kappa shape index (κ2) is 4.24. The van der Waals surface area contributed by atoms with Crippen LogP contribution in [0.3, 0.4) is 0 Å². The van der Waals surface area contributed by atoms with Crippen molar-refractivity contribution in [2.24, 2.45) is 0 Å². The maximum absolute atomic E-state index is 14.4. The third-order valence-corrected chi connectivity index (χ3v) is 3.20. The predicted molar refractivity (Wildman–Crippen MR) is 59.0 cm³/mol. The highest BCUT2D eigenvalue weighted by atomic mass is 19.1. The molecular formula is C13H15FO2. The molecule has 1 aliphatic rings. The minimum Gasteiger partial charge on any atom is -0.481 e. The number of halogens is 1. The maximum Gasteiger partial charge on any atom is 0.307 e. The first-order valence-electron chi connectivity index (χ1n) is 5.60. The second-order valence-corrected chi connectivity index (χ2v) is 4.44. The number of alkyl halides is 1. The molecule has 1 fully saturated rings. The number of hydrogen-bond acceptors (Lipinski definition) is 1. The Labute approximate surface area is 94.1 Å². The quantitative estimate of drug-likeness (QED) is 0.853. The molecule has 0 atom stereocenters. The molecule has 0 heterocycles. The zero-order valence-electron chi connectivity index (χ0n) is 9.08. The molecule has 1 aliphatic carbocycles. The van der Waals surface area contributed by atoms with E-state index in [4.69, 9.17) is 5.11 Å². The highest BCUT2D eigenvalue weighted by molar-refractivity contribution is 5.70. The van der Waals surface area contributed by atoms with Crippen LogP contribution in [0.4, 0.5) is 4.39 Å². The van der Waals surface area contributed by atoms with Crippen LogP contribution in [0.5, 0.6) is 0 Å². The van der Waals surface area contributed by atoms with Gasteiger partial charge in [-0.25, -0.2) is 4.39 Å². The summed E-state index contributed by atoms with van der Waals surface area (Å²) in [5.74, 6) is -0.878. The van der Waals surface area contributed by atoms with Gasteiger partial charge in [-0.1, -0.05) is 24.3 Å². The van der Waals surface area contributed by atoms with E-state index in [2.05, 4.69) is 0 Å². The van der Waals surface area contributed by atoms with E-state index in [1.54, 1.807) is 24.3 Å². The molecule has 1 aromatic carbocycles. The largest absolute Gasteiger partial charge is 0.481 e. The van der Waals surface area contributed by atoms with Crippen molar-refractivity contribution in [3.05, 3.63) is 35.4 Å². The van der Waals surface area contributed by atoms with Crippen molar-refractivity contribution in [2.75, 3.05) is 0 Å². The van der Waals surface area contributed by atoms with Gasteiger partial charge in [0.25, 0.3) is 0 Å². The Morgan fingerprint density at radius 2 is 2.06 bits per heavy atom. The van der Waals surface area contributed by atoms with Crippen molar-refractivity contribution < 1.29 is 14.3 Å². The summed E-state index contributed by atoms with van der Waals surface area (Å²) in [6.07, 6.45) is 2.91. The van der Waals surface area contributed by atoms with Crippen molar-refractivity contribution >= 4 is 5.97 Å². The Hall–Kier alpha value is -1.38. The van der Waals surface area contributed by atoms with Gasteiger partial charge in [0.2, 0.25) is 0 Å². The number of carboxylic acid groups (broad SMARTS) is 1. The van der Waals surface area contributed by atoms with E-state index in [1.165, 1.54) is 0 Å². The normalized spacial score (nSPS) is 18.6. The molecule has 0 saturated heterocycles. The molecule has 0 unspecified atom stereocenters. The van der Waals surface area contributed by atoms with Gasteiger partial charge < -0.3 is 5.11 Å². The third-order valence-electron chi connectivity index (χ3n) is 3.20. The minimum absolute atomic E-state index is 0.0378. The average molecular weight is 222 g/mol. The molecule has 0 amide bonds. The first-order valence-corrected chi connectivity index (χ1v) is 5.60. The van der Waals surface area contributed by atoms with E-state index in [0.29, 0.717) is 24.0 Å². The van der Waals surface area contributed by atoms with E-state index in [1.807, 2.05) is 0 Å². The van der Waals surface area contributed by atoms with Crippen molar-refractivity contribution in [3.63, 3.8) is 0 Å². The Morgan fingerprint density at radius 1 is 1.38 bits per heavy atom. The Kier molecular flexibility index (Phi) is 2.95. The molecule has 86 valence electrons. The Morgan fingerprint density at radius 3 is 2.69 bits per heavy atom. The van der Waals surface area contributed by atoms with Gasteiger partial charge in [0, 0.05) is 0 Å². The van der Waals surface area contributed by atoms with Crippen LogP contribution in [-0.4, -0.2) is 11.1 Å². The van der Waals surface area contributed by atoms with Crippen LogP contribution >= 0.6 is 0 Å². The average Bonchev–Trinajstić information content (AvgIpc) is 2.66. The topological polar surface area (TPSA) is 37.3 Å². The lowest BCUT2D eigenvalue weighted by Gasteiger charge is -2.19. The third kappa shape index (κ3) is 2.23. The molecule has 1 N–H and O–H groups in total. The Balaban J connectivity index is 2.24. The predicted octanol–water partition coefficient (Wildman–Crippen LogP) is 3.05. The van der Waals surface area contributed by atoms with Crippen LogP contribution in [-0.2, 0) is 16.9 Å². The van der Waals surface area contributed by atoms with Gasteiger partial charge in [-0.05, 0) is 36.8 Å².